The Labute approximate surface area is 114 Å². The second-order valence-electron chi connectivity index (χ2n) is 5.71. The van der Waals surface area contributed by atoms with Crippen molar-refractivity contribution in [3.05, 3.63) is 42.1 Å². The van der Waals surface area contributed by atoms with Gasteiger partial charge in [-0.1, -0.05) is 12.1 Å². The zero-order chi connectivity index (χ0) is 13.3. The molecule has 1 saturated heterocycles. The minimum Gasteiger partial charge on any atom is -0.314 e. The van der Waals surface area contributed by atoms with Gasteiger partial charge < -0.3 is 5.32 Å². The molecule has 1 N–H and O–H groups in total. The van der Waals surface area contributed by atoms with E-state index < -0.39 is 0 Å². The van der Waals surface area contributed by atoms with E-state index in [1.807, 2.05) is 12.3 Å². The molecule has 0 unspecified atom stereocenters. The molecule has 1 aromatic heterocycles. The second kappa shape index (κ2) is 4.91. The monoisotopic (exact) mass is 255 g/mol. The van der Waals surface area contributed by atoms with Gasteiger partial charge >= 0.3 is 0 Å². The highest BCUT2D eigenvalue weighted by Gasteiger charge is 2.29. The largest absolute Gasteiger partial charge is 0.314 e. The lowest BCUT2D eigenvalue weighted by Gasteiger charge is -2.41. The summed E-state index contributed by atoms with van der Waals surface area (Å²) >= 11 is 0. The molecule has 1 aliphatic heterocycles. The van der Waals surface area contributed by atoms with Crippen molar-refractivity contribution in [2.75, 3.05) is 26.2 Å². The number of nitrogens with one attached hydrogen (secondary N) is 1. The Morgan fingerprint density at radius 2 is 1.95 bits per heavy atom. The van der Waals surface area contributed by atoms with Crippen LogP contribution in [0.3, 0.4) is 0 Å². The molecule has 1 aliphatic rings. The van der Waals surface area contributed by atoms with Crippen LogP contribution in [-0.2, 0) is 5.54 Å². The number of fused-ring (bicyclic) bond motifs is 1. The smallest absolute Gasteiger partial charge is 0.0702 e. The number of benzene rings is 1. The quantitative estimate of drug-likeness (QED) is 0.893. The third kappa shape index (κ3) is 2.36. The lowest BCUT2D eigenvalue weighted by Crippen LogP contribution is -2.51. The SMILES string of the molecule is CC(C)(c1ccc2ncccc2c1)N1CCNCC1. The van der Waals surface area contributed by atoms with Crippen LogP contribution in [-0.4, -0.2) is 36.1 Å². The van der Waals surface area contributed by atoms with Gasteiger partial charge in [0.25, 0.3) is 0 Å². The van der Waals surface area contributed by atoms with Crippen molar-refractivity contribution in [3.8, 4) is 0 Å². The molecule has 0 bridgehead atoms. The first-order valence-electron chi connectivity index (χ1n) is 6.99. The van der Waals surface area contributed by atoms with E-state index in [2.05, 4.69) is 53.3 Å². The molecule has 3 nitrogen and oxygen atoms in total. The summed E-state index contributed by atoms with van der Waals surface area (Å²) in [6.45, 7) is 9.01. The fourth-order valence-electron chi connectivity index (χ4n) is 2.86. The molecular weight excluding hydrogens is 234 g/mol. The van der Waals surface area contributed by atoms with Crippen LogP contribution in [0.1, 0.15) is 19.4 Å². The standard InChI is InChI=1S/C16H21N3/c1-16(2,19-10-8-17-9-11-19)14-5-6-15-13(12-14)4-3-7-18-15/h3-7,12,17H,8-11H2,1-2H3. The van der Waals surface area contributed by atoms with Crippen molar-refractivity contribution < 1.29 is 0 Å². The summed E-state index contributed by atoms with van der Waals surface area (Å²) in [5.74, 6) is 0. The Balaban J connectivity index is 1.97. The van der Waals surface area contributed by atoms with Gasteiger partial charge in [0.1, 0.15) is 0 Å². The fourth-order valence-corrected chi connectivity index (χ4v) is 2.86. The highest BCUT2D eigenvalue weighted by atomic mass is 15.2. The summed E-state index contributed by atoms with van der Waals surface area (Å²) in [4.78, 5) is 6.95. The number of hydrogen-bond acceptors (Lipinski definition) is 3. The first-order valence-corrected chi connectivity index (χ1v) is 6.99. The maximum absolute atomic E-state index is 4.39. The number of nitrogens with zero attached hydrogens (tertiary/aromatic N) is 2. The van der Waals surface area contributed by atoms with Gasteiger partial charge in [-0.15, -0.1) is 0 Å². The topological polar surface area (TPSA) is 28.2 Å². The van der Waals surface area contributed by atoms with Gasteiger partial charge in [-0.3, -0.25) is 9.88 Å². The number of piperazine rings is 1. The lowest BCUT2D eigenvalue weighted by atomic mass is 9.90. The third-order valence-corrected chi connectivity index (χ3v) is 4.22. The molecule has 0 radical (unpaired) electrons. The predicted molar refractivity (Wildman–Crippen MR) is 79.2 cm³/mol. The Hall–Kier alpha value is -1.45. The summed E-state index contributed by atoms with van der Waals surface area (Å²) in [5.41, 5.74) is 2.52. The Kier molecular flexibility index (Phi) is 3.25. The molecule has 2 heterocycles. The van der Waals surface area contributed by atoms with Crippen LogP contribution in [0.15, 0.2) is 36.5 Å². The number of rotatable bonds is 2. The lowest BCUT2D eigenvalue weighted by molar-refractivity contribution is 0.103. The van der Waals surface area contributed by atoms with Gasteiger partial charge in [0.2, 0.25) is 0 Å². The minimum atomic E-state index is 0.0755. The van der Waals surface area contributed by atoms with Crippen molar-refractivity contribution in [3.63, 3.8) is 0 Å². The fraction of sp³-hybridized carbons (Fsp3) is 0.438. The Morgan fingerprint density at radius 3 is 2.74 bits per heavy atom. The minimum absolute atomic E-state index is 0.0755. The highest BCUT2D eigenvalue weighted by Crippen LogP contribution is 2.29. The molecule has 100 valence electrons. The van der Waals surface area contributed by atoms with E-state index in [0.717, 1.165) is 31.7 Å². The van der Waals surface area contributed by atoms with Crippen molar-refractivity contribution in [1.82, 2.24) is 15.2 Å². The Bertz CT molecular complexity index is 571. The first kappa shape index (κ1) is 12.6. The maximum atomic E-state index is 4.39. The zero-order valence-corrected chi connectivity index (χ0v) is 11.7. The summed E-state index contributed by atoms with van der Waals surface area (Å²) in [7, 11) is 0. The molecule has 3 heteroatoms. The predicted octanol–water partition coefficient (Wildman–Crippen LogP) is 2.38. The van der Waals surface area contributed by atoms with E-state index in [9.17, 15) is 0 Å². The van der Waals surface area contributed by atoms with Gasteiger partial charge in [0.05, 0.1) is 5.52 Å². The number of hydrogen-bond donors (Lipinski definition) is 1. The van der Waals surface area contributed by atoms with Crippen LogP contribution < -0.4 is 5.32 Å². The van der Waals surface area contributed by atoms with E-state index in [0.29, 0.717) is 0 Å². The molecule has 2 aromatic rings. The van der Waals surface area contributed by atoms with Crippen molar-refractivity contribution in [2.24, 2.45) is 0 Å². The maximum Gasteiger partial charge on any atom is 0.0702 e. The summed E-state index contributed by atoms with van der Waals surface area (Å²) < 4.78 is 0. The molecule has 0 saturated carbocycles. The molecule has 3 rings (SSSR count). The molecule has 1 aromatic carbocycles. The van der Waals surface area contributed by atoms with Crippen LogP contribution >= 0.6 is 0 Å². The van der Waals surface area contributed by atoms with E-state index in [-0.39, 0.29) is 5.54 Å². The number of pyridine rings is 1. The molecule has 0 aliphatic carbocycles. The summed E-state index contributed by atoms with van der Waals surface area (Å²) in [6, 6.07) is 10.8. The van der Waals surface area contributed by atoms with Crippen LogP contribution in [0.2, 0.25) is 0 Å². The van der Waals surface area contributed by atoms with Crippen LogP contribution in [0.5, 0.6) is 0 Å². The molecule has 0 amide bonds. The van der Waals surface area contributed by atoms with Crippen molar-refractivity contribution >= 4 is 10.9 Å². The van der Waals surface area contributed by atoms with E-state index >= 15 is 0 Å². The molecule has 0 spiro atoms. The first-order chi connectivity index (χ1) is 9.18. The van der Waals surface area contributed by atoms with Crippen LogP contribution in [0, 0.1) is 0 Å². The van der Waals surface area contributed by atoms with Gasteiger partial charge in [0, 0.05) is 43.3 Å². The van der Waals surface area contributed by atoms with E-state index in [1.165, 1.54) is 10.9 Å². The van der Waals surface area contributed by atoms with Crippen molar-refractivity contribution in [2.45, 2.75) is 19.4 Å². The average Bonchev–Trinajstić information content (AvgIpc) is 2.47. The molecule has 1 fully saturated rings. The molecule has 19 heavy (non-hydrogen) atoms. The number of aromatic nitrogens is 1. The van der Waals surface area contributed by atoms with E-state index in [1.54, 1.807) is 0 Å². The van der Waals surface area contributed by atoms with Crippen molar-refractivity contribution in [1.29, 1.82) is 0 Å². The normalized spacial score (nSPS) is 17.8. The van der Waals surface area contributed by atoms with Gasteiger partial charge in [-0.2, -0.15) is 0 Å². The molecule has 0 atom stereocenters. The van der Waals surface area contributed by atoms with Gasteiger partial charge in [-0.25, -0.2) is 0 Å². The van der Waals surface area contributed by atoms with E-state index in [4.69, 9.17) is 0 Å². The summed E-state index contributed by atoms with van der Waals surface area (Å²) in [5, 5.41) is 4.64. The highest BCUT2D eigenvalue weighted by molar-refractivity contribution is 5.79. The van der Waals surface area contributed by atoms with Gasteiger partial charge in [0.15, 0.2) is 0 Å². The Morgan fingerprint density at radius 1 is 1.16 bits per heavy atom. The zero-order valence-electron chi connectivity index (χ0n) is 11.7. The van der Waals surface area contributed by atoms with Gasteiger partial charge in [-0.05, 0) is 37.6 Å². The van der Waals surface area contributed by atoms with Crippen LogP contribution in [0.25, 0.3) is 10.9 Å². The average molecular weight is 255 g/mol. The summed E-state index contributed by atoms with van der Waals surface area (Å²) in [6.07, 6.45) is 1.85. The third-order valence-electron chi connectivity index (χ3n) is 4.22. The molecular formula is C16H21N3. The second-order valence-corrected chi connectivity index (χ2v) is 5.71. The van der Waals surface area contributed by atoms with Crippen LogP contribution in [0.4, 0.5) is 0 Å².